The van der Waals surface area contributed by atoms with Crippen LogP contribution in [0.15, 0.2) is 66.7 Å². The molecule has 0 saturated carbocycles. The second-order valence-electron chi connectivity index (χ2n) is 4.94. The lowest BCUT2D eigenvalue weighted by atomic mass is 10.0. The molecule has 0 aliphatic carbocycles. The lowest BCUT2D eigenvalue weighted by Crippen LogP contribution is -1.80. The van der Waals surface area contributed by atoms with Crippen LogP contribution in [0.3, 0.4) is 0 Å². The first-order valence-corrected chi connectivity index (χ1v) is 6.58. The molecule has 3 aromatic carbocycles. The smallest absolute Gasteiger partial charge is 0.123 e. The van der Waals surface area contributed by atoms with Gasteiger partial charge in [0.1, 0.15) is 5.82 Å². The van der Waals surface area contributed by atoms with Gasteiger partial charge in [0, 0.05) is 22.2 Å². The Balaban J connectivity index is 2.01. The zero-order chi connectivity index (χ0) is 13.5. The van der Waals surface area contributed by atoms with Crippen molar-refractivity contribution in [2.75, 3.05) is 0 Å². The van der Waals surface area contributed by atoms with Crippen molar-refractivity contribution in [3.05, 3.63) is 72.5 Å². The monoisotopic (exact) mass is 261 g/mol. The van der Waals surface area contributed by atoms with Crippen LogP contribution in [0.5, 0.6) is 0 Å². The van der Waals surface area contributed by atoms with Gasteiger partial charge < -0.3 is 4.98 Å². The lowest BCUT2D eigenvalue weighted by molar-refractivity contribution is 0.630. The summed E-state index contributed by atoms with van der Waals surface area (Å²) in [5.74, 6) is -0.207. The molecular weight excluding hydrogens is 249 g/mol. The number of aromatic nitrogens is 1. The molecule has 0 atom stereocenters. The molecule has 1 aromatic heterocycles. The molecule has 0 saturated heterocycles. The fraction of sp³-hybridized carbons (Fsp3) is 0. The maximum absolute atomic E-state index is 13.3. The van der Waals surface area contributed by atoms with Crippen molar-refractivity contribution in [2.24, 2.45) is 0 Å². The van der Waals surface area contributed by atoms with Crippen molar-refractivity contribution in [3.63, 3.8) is 0 Å². The minimum atomic E-state index is -0.207. The maximum atomic E-state index is 13.3. The summed E-state index contributed by atoms with van der Waals surface area (Å²) in [6, 6.07) is 21.3. The summed E-state index contributed by atoms with van der Waals surface area (Å²) in [5.41, 5.74) is 3.11. The fourth-order valence-corrected chi connectivity index (χ4v) is 2.71. The van der Waals surface area contributed by atoms with Gasteiger partial charge in [-0.3, -0.25) is 0 Å². The molecule has 0 aliphatic rings. The van der Waals surface area contributed by atoms with Gasteiger partial charge in [-0.05, 0) is 35.0 Å². The summed E-state index contributed by atoms with van der Waals surface area (Å²) < 4.78 is 13.3. The highest BCUT2D eigenvalue weighted by Gasteiger charge is 2.07. The van der Waals surface area contributed by atoms with Gasteiger partial charge >= 0.3 is 0 Å². The average molecular weight is 261 g/mol. The molecule has 2 heteroatoms. The van der Waals surface area contributed by atoms with Crippen LogP contribution in [0.25, 0.3) is 32.9 Å². The number of rotatable bonds is 1. The van der Waals surface area contributed by atoms with Gasteiger partial charge in [0.2, 0.25) is 0 Å². The SMILES string of the molecule is Fc1ccc2[nH]c(-c3cccc4ccccc34)cc2c1. The molecular formula is C18H12FN. The lowest BCUT2D eigenvalue weighted by Gasteiger charge is -2.04. The van der Waals surface area contributed by atoms with Crippen LogP contribution in [-0.4, -0.2) is 4.98 Å². The molecule has 96 valence electrons. The Labute approximate surface area is 115 Å². The van der Waals surface area contributed by atoms with Gasteiger partial charge in [0.05, 0.1) is 0 Å². The first kappa shape index (κ1) is 11.2. The highest BCUT2D eigenvalue weighted by molar-refractivity contribution is 5.98. The number of benzene rings is 3. The van der Waals surface area contributed by atoms with E-state index in [0.29, 0.717) is 0 Å². The van der Waals surface area contributed by atoms with Crippen molar-refractivity contribution >= 4 is 21.7 Å². The van der Waals surface area contributed by atoms with E-state index in [1.807, 2.05) is 24.3 Å². The number of fused-ring (bicyclic) bond motifs is 2. The molecule has 1 N–H and O–H groups in total. The molecule has 0 spiro atoms. The third-order valence-corrected chi connectivity index (χ3v) is 3.66. The molecule has 0 radical (unpaired) electrons. The summed E-state index contributed by atoms with van der Waals surface area (Å²) in [6.45, 7) is 0. The zero-order valence-corrected chi connectivity index (χ0v) is 10.7. The van der Waals surface area contributed by atoms with Gasteiger partial charge in [-0.15, -0.1) is 0 Å². The van der Waals surface area contributed by atoms with Crippen molar-refractivity contribution in [2.45, 2.75) is 0 Å². The van der Waals surface area contributed by atoms with E-state index in [0.717, 1.165) is 22.2 Å². The zero-order valence-electron chi connectivity index (χ0n) is 10.7. The molecule has 0 fully saturated rings. The number of hydrogen-bond acceptors (Lipinski definition) is 0. The predicted molar refractivity (Wildman–Crippen MR) is 81.2 cm³/mol. The van der Waals surface area contributed by atoms with E-state index in [1.165, 1.54) is 16.8 Å². The summed E-state index contributed by atoms with van der Waals surface area (Å²) in [6.07, 6.45) is 0. The Morgan fingerprint density at radius 1 is 0.750 bits per heavy atom. The van der Waals surface area contributed by atoms with E-state index >= 15 is 0 Å². The molecule has 20 heavy (non-hydrogen) atoms. The van der Waals surface area contributed by atoms with E-state index in [9.17, 15) is 4.39 Å². The van der Waals surface area contributed by atoms with Gasteiger partial charge in [-0.2, -0.15) is 0 Å². The number of aromatic amines is 1. The van der Waals surface area contributed by atoms with Gasteiger partial charge in [-0.25, -0.2) is 4.39 Å². The van der Waals surface area contributed by atoms with Crippen LogP contribution >= 0.6 is 0 Å². The Morgan fingerprint density at radius 3 is 2.55 bits per heavy atom. The molecule has 4 aromatic rings. The second-order valence-corrected chi connectivity index (χ2v) is 4.94. The Bertz CT molecular complexity index is 916. The van der Waals surface area contributed by atoms with Crippen LogP contribution in [0.4, 0.5) is 4.39 Å². The standard InChI is InChI=1S/C18H12FN/c19-14-8-9-17-13(10-14)11-18(20-17)16-7-3-5-12-4-1-2-6-15(12)16/h1-11,20H. The number of H-pyrrole nitrogens is 1. The van der Waals surface area contributed by atoms with Crippen molar-refractivity contribution in [1.82, 2.24) is 4.98 Å². The van der Waals surface area contributed by atoms with Crippen LogP contribution in [0, 0.1) is 5.82 Å². The van der Waals surface area contributed by atoms with Gasteiger partial charge in [0.25, 0.3) is 0 Å². The third-order valence-electron chi connectivity index (χ3n) is 3.66. The molecule has 0 unspecified atom stereocenters. The normalized spacial score (nSPS) is 11.2. The summed E-state index contributed by atoms with van der Waals surface area (Å²) in [7, 11) is 0. The molecule has 4 rings (SSSR count). The quantitative estimate of drug-likeness (QED) is 0.489. The van der Waals surface area contributed by atoms with Crippen molar-refractivity contribution < 1.29 is 4.39 Å². The Hall–Kier alpha value is -2.61. The predicted octanol–water partition coefficient (Wildman–Crippen LogP) is 5.13. The minimum absolute atomic E-state index is 0.207. The largest absolute Gasteiger partial charge is 0.355 e. The van der Waals surface area contributed by atoms with Crippen molar-refractivity contribution in [3.8, 4) is 11.3 Å². The molecule has 1 heterocycles. The third kappa shape index (κ3) is 1.69. The second kappa shape index (κ2) is 4.20. The number of nitrogens with one attached hydrogen (secondary N) is 1. The van der Waals surface area contributed by atoms with E-state index in [1.54, 1.807) is 12.1 Å². The van der Waals surface area contributed by atoms with E-state index in [2.05, 4.69) is 29.2 Å². The highest BCUT2D eigenvalue weighted by atomic mass is 19.1. The number of halogens is 1. The fourth-order valence-electron chi connectivity index (χ4n) is 2.71. The van der Waals surface area contributed by atoms with Gasteiger partial charge in [0.15, 0.2) is 0 Å². The minimum Gasteiger partial charge on any atom is -0.355 e. The van der Waals surface area contributed by atoms with Crippen LogP contribution in [0.2, 0.25) is 0 Å². The molecule has 1 nitrogen and oxygen atoms in total. The van der Waals surface area contributed by atoms with Crippen LogP contribution in [-0.2, 0) is 0 Å². The summed E-state index contributed by atoms with van der Waals surface area (Å²) in [5, 5.41) is 3.30. The Kier molecular flexibility index (Phi) is 2.36. The maximum Gasteiger partial charge on any atom is 0.123 e. The van der Waals surface area contributed by atoms with Gasteiger partial charge in [-0.1, -0.05) is 42.5 Å². The summed E-state index contributed by atoms with van der Waals surface area (Å²) >= 11 is 0. The van der Waals surface area contributed by atoms with Crippen molar-refractivity contribution in [1.29, 1.82) is 0 Å². The summed E-state index contributed by atoms with van der Waals surface area (Å²) in [4.78, 5) is 3.36. The number of hydrogen-bond donors (Lipinski definition) is 1. The van der Waals surface area contributed by atoms with E-state index < -0.39 is 0 Å². The first-order chi connectivity index (χ1) is 9.81. The Morgan fingerprint density at radius 2 is 1.60 bits per heavy atom. The molecule has 0 amide bonds. The average Bonchev–Trinajstić information content (AvgIpc) is 2.89. The topological polar surface area (TPSA) is 15.8 Å². The molecule has 0 aliphatic heterocycles. The van der Waals surface area contributed by atoms with E-state index in [4.69, 9.17) is 0 Å². The molecule has 0 bridgehead atoms. The first-order valence-electron chi connectivity index (χ1n) is 6.58. The highest BCUT2D eigenvalue weighted by Crippen LogP contribution is 2.30. The van der Waals surface area contributed by atoms with Crippen LogP contribution in [0.1, 0.15) is 0 Å². The van der Waals surface area contributed by atoms with E-state index in [-0.39, 0.29) is 5.82 Å². The van der Waals surface area contributed by atoms with Crippen LogP contribution < -0.4 is 0 Å².